The maximum atomic E-state index is 11.9. The Morgan fingerprint density at radius 2 is 1.95 bits per heavy atom. The van der Waals surface area contributed by atoms with Gasteiger partial charge >= 0.3 is 11.9 Å². The number of nitrogens with one attached hydrogen (secondary N) is 1. The van der Waals surface area contributed by atoms with Crippen LogP contribution in [0.4, 0.5) is 0 Å². The third kappa shape index (κ3) is 4.13. The summed E-state index contributed by atoms with van der Waals surface area (Å²) in [5, 5.41) is 17.5. The Labute approximate surface area is 116 Å². The van der Waals surface area contributed by atoms with Gasteiger partial charge in [0.05, 0.1) is 19.6 Å². The molecule has 0 saturated carbocycles. The monoisotopic (exact) mass is 310 g/mol. The van der Waals surface area contributed by atoms with Crippen LogP contribution in [0.3, 0.4) is 0 Å². The Balaban J connectivity index is 2.63. The van der Waals surface area contributed by atoms with Gasteiger partial charge in [-0.3, -0.25) is 9.59 Å². The molecule has 0 aromatic heterocycles. The van der Waals surface area contributed by atoms with Crippen molar-refractivity contribution in [3.63, 3.8) is 0 Å². The fourth-order valence-electron chi connectivity index (χ4n) is 1.92. The SMILES string of the molecule is COC(=O)C1CCN(S(=O)(=O)NC(CO)C(=O)O)CC1. The molecule has 0 aliphatic carbocycles. The number of rotatable bonds is 6. The van der Waals surface area contributed by atoms with Gasteiger partial charge in [0.15, 0.2) is 0 Å². The Bertz CT molecular complexity index is 456. The van der Waals surface area contributed by atoms with Gasteiger partial charge in [0.2, 0.25) is 0 Å². The first-order chi connectivity index (χ1) is 9.31. The van der Waals surface area contributed by atoms with Gasteiger partial charge in [-0.2, -0.15) is 17.4 Å². The van der Waals surface area contributed by atoms with Gasteiger partial charge in [0.25, 0.3) is 10.2 Å². The molecule has 10 heteroatoms. The molecule has 3 N–H and O–H groups in total. The molecule has 9 nitrogen and oxygen atoms in total. The quantitative estimate of drug-likeness (QED) is 0.490. The topological polar surface area (TPSA) is 133 Å². The number of carbonyl (C=O) groups is 2. The van der Waals surface area contributed by atoms with Crippen LogP contribution < -0.4 is 4.72 Å². The van der Waals surface area contributed by atoms with Crippen LogP contribution in [0, 0.1) is 5.92 Å². The largest absolute Gasteiger partial charge is 0.480 e. The van der Waals surface area contributed by atoms with E-state index in [0.29, 0.717) is 12.8 Å². The van der Waals surface area contributed by atoms with Crippen molar-refractivity contribution in [1.29, 1.82) is 0 Å². The van der Waals surface area contributed by atoms with Crippen molar-refractivity contribution in [3.8, 4) is 0 Å². The van der Waals surface area contributed by atoms with Crippen LogP contribution >= 0.6 is 0 Å². The van der Waals surface area contributed by atoms with E-state index in [2.05, 4.69) is 4.74 Å². The molecule has 1 atom stereocenters. The molecule has 1 rings (SSSR count). The van der Waals surface area contributed by atoms with E-state index in [9.17, 15) is 18.0 Å². The molecule has 1 saturated heterocycles. The predicted octanol–water partition coefficient (Wildman–Crippen LogP) is -1.85. The van der Waals surface area contributed by atoms with E-state index in [1.54, 1.807) is 0 Å². The molecule has 20 heavy (non-hydrogen) atoms. The Morgan fingerprint density at radius 1 is 1.40 bits per heavy atom. The first kappa shape index (κ1) is 16.8. The first-order valence-corrected chi connectivity index (χ1v) is 7.44. The van der Waals surface area contributed by atoms with Gasteiger partial charge in [-0.05, 0) is 12.8 Å². The molecule has 0 radical (unpaired) electrons. The number of aliphatic hydroxyl groups excluding tert-OH is 1. The molecule has 0 spiro atoms. The highest BCUT2D eigenvalue weighted by Gasteiger charge is 2.33. The number of hydrogen-bond acceptors (Lipinski definition) is 6. The van der Waals surface area contributed by atoms with Gasteiger partial charge in [-0.1, -0.05) is 0 Å². The van der Waals surface area contributed by atoms with Gasteiger partial charge in [0.1, 0.15) is 6.04 Å². The number of ether oxygens (including phenoxy) is 1. The van der Waals surface area contributed by atoms with Crippen molar-refractivity contribution in [3.05, 3.63) is 0 Å². The molecular weight excluding hydrogens is 292 g/mol. The van der Waals surface area contributed by atoms with E-state index >= 15 is 0 Å². The van der Waals surface area contributed by atoms with Crippen molar-refractivity contribution in [1.82, 2.24) is 9.03 Å². The average molecular weight is 310 g/mol. The number of piperidine rings is 1. The molecule has 0 aromatic carbocycles. The van der Waals surface area contributed by atoms with Crippen LogP contribution in [0.15, 0.2) is 0 Å². The number of carboxylic acid groups (broad SMARTS) is 1. The molecule has 1 unspecified atom stereocenters. The van der Waals surface area contributed by atoms with E-state index in [4.69, 9.17) is 10.2 Å². The van der Waals surface area contributed by atoms with Crippen molar-refractivity contribution >= 4 is 22.1 Å². The highest BCUT2D eigenvalue weighted by molar-refractivity contribution is 7.87. The summed E-state index contributed by atoms with van der Waals surface area (Å²) >= 11 is 0. The zero-order valence-electron chi connectivity index (χ0n) is 11.0. The van der Waals surface area contributed by atoms with Gasteiger partial charge in [-0.25, -0.2) is 0 Å². The summed E-state index contributed by atoms with van der Waals surface area (Å²) in [6, 6.07) is -1.58. The Kier molecular flexibility index (Phi) is 5.87. The zero-order chi connectivity index (χ0) is 15.3. The average Bonchev–Trinajstić information content (AvgIpc) is 2.43. The maximum Gasteiger partial charge on any atom is 0.324 e. The molecule has 1 heterocycles. The molecule has 1 aliphatic heterocycles. The third-order valence-electron chi connectivity index (χ3n) is 3.10. The first-order valence-electron chi connectivity index (χ1n) is 6.00. The van der Waals surface area contributed by atoms with Crippen LogP contribution in [-0.2, 0) is 24.5 Å². The second-order valence-electron chi connectivity index (χ2n) is 4.39. The van der Waals surface area contributed by atoms with E-state index < -0.39 is 28.8 Å². The number of carbonyl (C=O) groups excluding carboxylic acids is 1. The van der Waals surface area contributed by atoms with Crippen molar-refractivity contribution < 1.29 is 33.0 Å². The van der Waals surface area contributed by atoms with Crippen LogP contribution in [0.2, 0.25) is 0 Å². The Hall–Kier alpha value is -1.23. The fraction of sp³-hybridized carbons (Fsp3) is 0.800. The number of nitrogens with zero attached hydrogens (tertiary/aromatic N) is 1. The molecule has 1 aliphatic rings. The predicted molar refractivity (Wildman–Crippen MR) is 66.9 cm³/mol. The highest BCUT2D eigenvalue weighted by Crippen LogP contribution is 2.20. The maximum absolute atomic E-state index is 11.9. The minimum atomic E-state index is -4.01. The number of esters is 1. The van der Waals surface area contributed by atoms with Gasteiger partial charge in [0, 0.05) is 13.1 Å². The fourth-order valence-corrected chi connectivity index (χ4v) is 3.29. The molecule has 116 valence electrons. The summed E-state index contributed by atoms with van der Waals surface area (Å²) in [4.78, 5) is 22.0. The summed E-state index contributed by atoms with van der Waals surface area (Å²) in [6.07, 6.45) is 0.620. The van der Waals surface area contributed by atoms with Crippen molar-refractivity contribution in [2.75, 3.05) is 26.8 Å². The minimum Gasteiger partial charge on any atom is -0.480 e. The number of hydrogen-bond donors (Lipinski definition) is 3. The molecule has 1 fully saturated rings. The van der Waals surface area contributed by atoms with Crippen LogP contribution in [0.25, 0.3) is 0 Å². The lowest BCUT2D eigenvalue weighted by Crippen LogP contribution is -2.52. The van der Waals surface area contributed by atoms with Gasteiger partial charge in [-0.15, -0.1) is 0 Å². The summed E-state index contributed by atoms with van der Waals surface area (Å²) < 4.78 is 31.4. The minimum absolute atomic E-state index is 0.0901. The summed E-state index contributed by atoms with van der Waals surface area (Å²) in [5.74, 6) is -2.19. The van der Waals surface area contributed by atoms with Gasteiger partial charge < -0.3 is 14.9 Å². The second-order valence-corrected chi connectivity index (χ2v) is 6.10. The molecular formula is C10H18N2O7S. The number of aliphatic carboxylic acids is 1. The van der Waals surface area contributed by atoms with E-state index in [1.807, 2.05) is 4.72 Å². The van der Waals surface area contributed by atoms with Crippen molar-refractivity contribution in [2.45, 2.75) is 18.9 Å². The number of carboxylic acids is 1. The van der Waals surface area contributed by atoms with Crippen LogP contribution in [0.5, 0.6) is 0 Å². The second kappa shape index (κ2) is 6.97. The molecule has 0 amide bonds. The third-order valence-corrected chi connectivity index (χ3v) is 4.73. The van der Waals surface area contributed by atoms with Crippen LogP contribution in [-0.4, -0.2) is 67.7 Å². The van der Waals surface area contributed by atoms with E-state index in [0.717, 1.165) is 4.31 Å². The molecule has 0 bridgehead atoms. The van der Waals surface area contributed by atoms with E-state index in [1.165, 1.54) is 7.11 Å². The lowest BCUT2D eigenvalue weighted by Gasteiger charge is -2.30. The Morgan fingerprint density at radius 3 is 2.35 bits per heavy atom. The van der Waals surface area contributed by atoms with Crippen LogP contribution in [0.1, 0.15) is 12.8 Å². The summed E-state index contributed by atoms with van der Waals surface area (Å²) in [7, 11) is -2.74. The summed E-state index contributed by atoms with van der Waals surface area (Å²) in [6.45, 7) is -0.660. The van der Waals surface area contributed by atoms with E-state index in [-0.39, 0.29) is 25.0 Å². The zero-order valence-corrected chi connectivity index (χ0v) is 11.8. The molecule has 0 aromatic rings. The standard InChI is InChI=1S/C10H18N2O7S/c1-19-10(16)7-2-4-12(5-3-7)20(17,18)11-8(6-13)9(14)15/h7-8,11,13H,2-6H2,1H3,(H,14,15). The lowest BCUT2D eigenvalue weighted by molar-refractivity contribution is -0.146. The lowest BCUT2D eigenvalue weighted by atomic mass is 9.99. The smallest absolute Gasteiger partial charge is 0.324 e. The normalized spacial score (nSPS) is 19.5. The summed E-state index contributed by atoms with van der Waals surface area (Å²) in [5.41, 5.74) is 0. The highest BCUT2D eigenvalue weighted by atomic mass is 32.2. The number of methoxy groups -OCH3 is 1. The number of aliphatic hydroxyl groups is 1. The van der Waals surface area contributed by atoms with Crippen molar-refractivity contribution in [2.24, 2.45) is 5.92 Å².